The standard InChI is InChI=1S/C25H18BrClFNO4/c1-2-31-22-13-15(11-19(27)23(22)32-14-16-7-3-6-10-20(16)28)12-21-25(30)33-24(29-21)17-8-4-5-9-18(17)26/h3-13H,2,14H2,1H3/b21-12-. The summed E-state index contributed by atoms with van der Waals surface area (Å²) in [5.41, 5.74) is 1.76. The van der Waals surface area contributed by atoms with Gasteiger partial charge >= 0.3 is 5.97 Å². The number of ether oxygens (including phenoxy) is 3. The van der Waals surface area contributed by atoms with Crippen LogP contribution in [0.25, 0.3) is 6.08 Å². The number of carbonyl (C=O) groups is 1. The highest BCUT2D eigenvalue weighted by Gasteiger charge is 2.25. The Morgan fingerprint density at radius 1 is 1.12 bits per heavy atom. The van der Waals surface area contributed by atoms with Crippen LogP contribution in [-0.2, 0) is 16.1 Å². The normalized spacial score (nSPS) is 14.2. The van der Waals surface area contributed by atoms with E-state index in [1.54, 1.807) is 42.5 Å². The number of rotatable bonds is 7. The maximum Gasteiger partial charge on any atom is 0.363 e. The van der Waals surface area contributed by atoms with Crippen molar-refractivity contribution in [2.75, 3.05) is 6.61 Å². The number of halogens is 3. The minimum absolute atomic E-state index is 0.0150. The molecule has 0 atom stereocenters. The quantitative estimate of drug-likeness (QED) is 0.256. The molecule has 0 fully saturated rings. The van der Waals surface area contributed by atoms with E-state index in [1.165, 1.54) is 6.07 Å². The van der Waals surface area contributed by atoms with Crippen molar-refractivity contribution in [3.05, 3.63) is 98.4 Å². The molecule has 5 nitrogen and oxygen atoms in total. The van der Waals surface area contributed by atoms with Crippen LogP contribution >= 0.6 is 27.5 Å². The summed E-state index contributed by atoms with van der Waals surface area (Å²) in [6.45, 7) is 2.17. The summed E-state index contributed by atoms with van der Waals surface area (Å²) in [5.74, 6) is -0.0781. The van der Waals surface area contributed by atoms with Gasteiger partial charge in [-0.05, 0) is 64.8 Å². The average Bonchev–Trinajstić information content (AvgIpc) is 3.14. The summed E-state index contributed by atoms with van der Waals surface area (Å²) in [7, 11) is 0. The monoisotopic (exact) mass is 529 g/mol. The van der Waals surface area contributed by atoms with Crippen molar-refractivity contribution in [3.8, 4) is 11.5 Å². The second-order valence-corrected chi connectivity index (χ2v) is 8.22. The summed E-state index contributed by atoms with van der Waals surface area (Å²) >= 11 is 9.89. The van der Waals surface area contributed by atoms with Gasteiger partial charge < -0.3 is 14.2 Å². The number of benzene rings is 3. The Kier molecular flexibility index (Phi) is 7.11. The van der Waals surface area contributed by atoms with E-state index in [1.807, 2.05) is 25.1 Å². The number of nitrogens with zero attached hydrogens (tertiary/aromatic N) is 1. The summed E-state index contributed by atoms with van der Waals surface area (Å²) in [6.07, 6.45) is 1.56. The van der Waals surface area contributed by atoms with E-state index in [4.69, 9.17) is 25.8 Å². The number of hydrogen-bond acceptors (Lipinski definition) is 5. The van der Waals surface area contributed by atoms with Crippen molar-refractivity contribution >= 4 is 45.5 Å². The van der Waals surface area contributed by atoms with Gasteiger partial charge in [-0.3, -0.25) is 0 Å². The van der Waals surface area contributed by atoms with E-state index in [-0.39, 0.29) is 34.8 Å². The SMILES string of the molecule is CCOc1cc(/C=C2\N=C(c3ccccc3Br)OC2=O)cc(Cl)c1OCc1ccccc1F. The molecule has 0 aliphatic carbocycles. The molecule has 0 radical (unpaired) electrons. The molecule has 33 heavy (non-hydrogen) atoms. The first-order valence-electron chi connectivity index (χ1n) is 10.1. The number of esters is 1. The lowest BCUT2D eigenvalue weighted by molar-refractivity contribution is -0.129. The van der Waals surface area contributed by atoms with Gasteiger partial charge in [-0.1, -0.05) is 41.9 Å². The molecule has 0 spiro atoms. The minimum Gasteiger partial charge on any atom is -0.490 e. The molecule has 0 saturated heterocycles. The van der Waals surface area contributed by atoms with Crippen molar-refractivity contribution in [3.63, 3.8) is 0 Å². The van der Waals surface area contributed by atoms with Gasteiger partial charge in [0.25, 0.3) is 0 Å². The van der Waals surface area contributed by atoms with Crippen molar-refractivity contribution in [1.29, 1.82) is 0 Å². The lowest BCUT2D eigenvalue weighted by Crippen LogP contribution is -2.06. The van der Waals surface area contributed by atoms with E-state index in [0.29, 0.717) is 29.0 Å². The molecule has 8 heteroatoms. The van der Waals surface area contributed by atoms with Gasteiger partial charge in [0.05, 0.1) is 17.2 Å². The molecule has 0 unspecified atom stereocenters. The summed E-state index contributed by atoms with van der Waals surface area (Å²) in [6, 6.07) is 16.9. The Morgan fingerprint density at radius 2 is 1.88 bits per heavy atom. The molecular weight excluding hydrogens is 513 g/mol. The van der Waals surface area contributed by atoms with Gasteiger partial charge in [0, 0.05) is 10.0 Å². The lowest BCUT2D eigenvalue weighted by Gasteiger charge is -2.15. The fraction of sp³-hybridized carbons (Fsp3) is 0.120. The van der Waals surface area contributed by atoms with Crippen molar-refractivity contribution in [2.45, 2.75) is 13.5 Å². The van der Waals surface area contributed by atoms with Gasteiger partial charge in [0.1, 0.15) is 12.4 Å². The second kappa shape index (κ2) is 10.2. The maximum absolute atomic E-state index is 13.9. The van der Waals surface area contributed by atoms with Crippen LogP contribution in [0.1, 0.15) is 23.6 Å². The highest BCUT2D eigenvalue weighted by Crippen LogP contribution is 2.38. The van der Waals surface area contributed by atoms with Gasteiger partial charge in [-0.2, -0.15) is 0 Å². The zero-order chi connectivity index (χ0) is 23.4. The molecule has 0 amide bonds. The molecule has 3 aromatic rings. The van der Waals surface area contributed by atoms with E-state index in [9.17, 15) is 9.18 Å². The lowest BCUT2D eigenvalue weighted by atomic mass is 10.1. The predicted molar refractivity (Wildman–Crippen MR) is 128 cm³/mol. The van der Waals surface area contributed by atoms with Crippen LogP contribution in [0.4, 0.5) is 4.39 Å². The minimum atomic E-state index is -0.574. The number of hydrogen-bond donors (Lipinski definition) is 0. The molecule has 4 rings (SSSR count). The van der Waals surface area contributed by atoms with E-state index in [0.717, 1.165) is 4.47 Å². The fourth-order valence-electron chi connectivity index (χ4n) is 3.16. The molecule has 168 valence electrons. The van der Waals surface area contributed by atoms with Crippen molar-refractivity contribution in [1.82, 2.24) is 0 Å². The Balaban J connectivity index is 1.63. The first-order valence-corrected chi connectivity index (χ1v) is 11.2. The first-order chi connectivity index (χ1) is 16.0. The Hall–Kier alpha value is -3.16. The summed E-state index contributed by atoms with van der Waals surface area (Å²) < 4.78 is 31.5. The molecular formula is C25H18BrClFNO4. The highest BCUT2D eigenvalue weighted by molar-refractivity contribution is 9.10. The molecule has 1 aliphatic heterocycles. The number of cyclic esters (lactones) is 1. The zero-order valence-corrected chi connectivity index (χ0v) is 19.8. The number of aliphatic imine (C=N–C) groups is 1. The van der Waals surface area contributed by atoms with Crippen LogP contribution in [0, 0.1) is 5.82 Å². The van der Waals surface area contributed by atoms with Crippen molar-refractivity contribution < 1.29 is 23.4 Å². The molecule has 0 N–H and O–H groups in total. The molecule has 1 heterocycles. The largest absolute Gasteiger partial charge is 0.490 e. The molecule has 0 aromatic heterocycles. The fourth-order valence-corrected chi connectivity index (χ4v) is 3.88. The van der Waals surface area contributed by atoms with Gasteiger partial charge in [-0.25, -0.2) is 14.2 Å². The van der Waals surface area contributed by atoms with E-state index < -0.39 is 5.97 Å². The topological polar surface area (TPSA) is 57.1 Å². The Labute approximate surface area is 203 Å². The van der Waals surface area contributed by atoms with Crippen LogP contribution in [0.3, 0.4) is 0 Å². The van der Waals surface area contributed by atoms with Crippen LogP contribution in [0.5, 0.6) is 11.5 Å². The van der Waals surface area contributed by atoms with Crippen LogP contribution < -0.4 is 9.47 Å². The molecule has 0 saturated carbocycles. The van der Waals surface area contributed by atoms with Gasteiger partial charge in [0.2, 0.25) is 5.90 Å². The highest BCUT2D eigenvalue weighted by atomic mass is 79.9. The van der Waals surface area contributed by atoms with E-state index >= 15 is 0 Å². The third kappa shape index (κ3) is 5.26. The predicted octanol–water partition coefficient (Wildman–Crippen LogP) is 6.56. The van der Waals surface area contributed by atoms with Crippen LogP contribution in [0.2, 0.25) is 5.02 Å². The van der Waals surface area contributed by atoms with Crippen LogP contribution in [0.15, 0.2) is 75.8 Å². The number of carbonyl (C=O) groups excluding carboxylic acids is 1. The second-order valence-electron chi connectivity index (χ2n) is 6.96. The van der Waals surface area contributed by atoms with E-state index in [2.05, 4.69) is 20.9 Å². The van der Waals surface area contributed by atoms with Crippen LogP contribution in [-0.4, -0.2) is 18.5 Å². The Bertz CT molecular complexity index is 1280. The third-order valence-electron chi connectivity index (χ3n) is 4.69. The summed E-state index contributed by atoms with van der Waals surface area (Å²) in [4.78, 5) is 16.7. The Morgan fingerprint density at radius 3 is 2.64 bits per heavy atom. The molecule has 3 aromatic carbocycles. The molecule has 1 aliphatic rings. The smallest absolute Gasteiger partial charge is 0.363 e. The summed E-state index contributed by atoms with van der Waals surface area (Å²) in [5, 5.41) is 0.255. The van der Waals surface area contributed by atoms with Gasteiger partial charge in [0.15, 0.2) is 17.2 Å². The molecule has 0 bridgehead atoms. The average molecular weight is 531 g/mol. The van der Waals surface area contributed by atoms with Gasteiger partial charge in [-0.15, -0.1) is 0 Å². The zero-order valence-electron chi connectivity index (χ0n) is 17.5. The maximum atomic E-state index is 13.9. The van der Waals surface area contributed by atoms with Crippen molar-refractivity contribution in [2.24, 2.45) is 4.99 Å². The first kappa shape index (κ1) is 23.0. The third-order valence-corrected chi connectivity index (χ3v) is 5.66.